The highest BCUT2D eigenvalue weighted by Gasteiger charge is 2.17. The Morgan fingerprint density at radius 1 is 1.27 bits per heavy atom. The standard InChI is InChI=1S/C17H16N4O/c1-11-6-7-13(8-12(11)9-18)20-17-19-10-14-15(21-17)4-2-3-5-16(14)22/h6-8,10H,2-5H2,1H3,(H,19,20,21). The lowest BCUT2D eigenvalue weighted by Crippen LogP contribution is -2.07. The SMILES string of the molecule is Cc1ccc(Nc2ncc3c(n2)CCCCC3=O)cc1C#N. The van der Waals surface area contributed by atoms with Gasteiger partial charge in [0.15, 0.2) is 5.78 Å². The lowest BCUT2D eigenvalue weighted by molar-refractivity contribution is 0.0981. The third kappa shape index (κ3) is 2.82. The number of hydrogen-bond acceptors (Lipinski definition) is 5. The third-order valence-corrected chi connectivity index (χ3v) is 3.85. The lowest BCUT2D eigenvalue weighted by Gasteiger charge is -2.09. The second-order valence-electron chi connectivity index (χ2n) is 5.45. The van der Waals surface area contributed by atoms with Gasteiger partial charge in [0.05, 0.1) is 22.9 Å². The smallest absolute Gasteiger partial charge is 0.227 e. The zero-order chi connectivity index (χ0) is 15.5. The predicted octanol–water partition coefficient (Wildman–Crippen LogP) is 3.31. The molecule has 1 aromatic carbocycles. The van der Waals surface area contributed by atoms with Gasteiger partial charge in [-0.2, -0.15) is 5.26 Å². The first-order valence-corrected chi connectivity index (χ1v) is 7.34. The number of fused-ring (bicyclic) bond motifs is 1. The van der Waals surface area contributed by atoms with E-state index >= 15 is 0 Å². The van der Waals surface area contributed by atoms with Crippen molar-refractivity contribution in [1.82, 2.24) is 9.97 Å². The van der Waals surface area contributed by atoms with Crippen LogP contribution >= 0.6 is 0 Å². The van der Waals surface area contributed by atoms with Crippen LogP contribution in [0.3, 0.4) is 0 Å². The molecule has 1 aliphatic carbocycles. The highest BCUT2D eigenvalue weighted by atomic mass is 16.1. The summed E-state index contributed by atoms with van der Waals surface area (Å²) in [6.07, 6.45) is 4.86. The normalized spacial score (nSPS) is 13.9. The monoisotopic (exact) mass is 292 g/mol. The Kier molecular flexibility index (Phi) is 3.84. The van der Waals surface area contributed by atoms with Crippen molar-refractivity contribution in [3.8, 4) is 6.07 Å². The Labute approximate surface area is 129 Å². The van der Waals surface area contributed by atoms with Gasteiger partial charge >= 0.3 is 0 Å². The summed E-state index contributed by atoms with van der Waals surface area (Å²) in [6.45, 7) is 1.90. The number of anilines is 2. The summed E-state index contributed by atoms with van der Waals surface area (Å²) < 4.78 is 0. The summed E-state index contributed by atoms with van der Waals surface area (Å²) >= 11 is 0. The molecule has 22 heavy (non-hydrogen) atoms. The fourth-order valence-corrected chi connectivity index (χ4v) is 2.56. The Morgan fingerprint density at radius 3 is 2.91 bits per heavy atom. The van der Waals surface area contributed by atoms with E-state index in [4.69, 9.17) is 5.26 Å². The molecule has 1 N–H and O–H groups in total. The molecule has 0 amide bonds. The summed E-state index contributed by atoms with van der Waals surface area (Å²) in [5.41, 5.74) is 3.77. The van der Waals surface area contributed by atoms with Crippen molar-refractivity contribution in [2.75, 3.05) is 5.32 Å². The van der Waals surface area contributed by atoms with Crippen LogP contribution in [0, 0.1) is 18.3 Å². The minimum atomic E-state index is 0.126. The van der Waals surface area contributed by atoms with E-state index in [1.165, 1.54) is 0 Å². The molecular weight excluding hydrogens is 276 g/mol. The second kappa shape index (κ2) is 5.94. The van der Waals surface area contributed by atoms with Crippen molar-refractivity contribution >= 4 is 17.4 Å². The first-order chi connectivity index (χ1) is 10.7. The summed E-state index contributed by atoms with van der Waals surface area (Å²) in [4.78, 5) is 20.7. The number of rotatable bonds is 2. The molecule has 0 fully saturated rings. The highest BCUT2D eigenvalue weighted by molar-refractivity contribution is 5.97. The number of ketones is 1. The van der Waals surface area contributed by atoms with Crippen LogP contribution in [0.2, 0.25) is 0 Å². The molecule has 0 bridgehead atoms. The number of hydrogen-bond donors (Lipinski definition) is 1. The molecule has 0 radical (unpaired) electrons. The van der Waals surface area contributed by atoms with Gasteiger partial charge in [0.25, 0.3) is 0 Å². The van der Waals surface area contributed by atoms with E-state index in [2.05, 4.69) is 21.4 Å². The maximum atomic E-state index is 12.0. The van der Waals surface area contributed by atoms with Gasteiger partial charge in [0, 0.05) is 18.3 Å². The number of benzene rings is 1. The molecule has 1 heterocycles. The molecule has 0 atom stereocenters. The highest BCUT2D eigenvalue weighted by Crippen LogP contribution is 2.22. The fraction of sp³-hybridized carbons (Fsp3) is 0.294. The Balaban J connectivity index is 1.89. The number of Topliss-reactive ketones (excluding diaryl/α,β-unsaturated/α-hetero) is 1. The van der Waals surface area contributed by atoms with Crippen LogP contribution in [-0.4, -0.2) is 15.8 Å². The molecule has 3 rings (SSSR count). The minimum absolute atomic E-state index is 0.126. The number of carbonyl (C=O) groups is 1. The van der Waals surface area contributed by atoms with E-state index in [1.54, 1.807) is 12.3 Å². The van der Waals surface area contributed by atoms with E-state index in [9.17, 15) is 4.79 Å². The van der Waals surface area contributed by atoms with Crippen LogP contribution < -0.4 is 5.32 Å². The van der Waals surface area contributed by atoms with Gasteiger partial charge in [-0.25, -0.2) is 9.97 Å². The van der Waals surface area contributed by atoms with E-state index in [1.807, 2.05) is 19.1 Å². The Morgan fingerprint density at radius 2 is 2.09 bits per heavy atom. The van der Waals surface area contributed by atoms with Crippen LogP contribution in [0.1, 0.15) is 46.4 Å². The minimum Gasteiger partial charge on any atom is -0.324 e. The maximum absolute atomic E-state index is 12.0. The molecule has 0 spiro atoms. The number of aryl methyl sites for hydroxylation is 2. The molecule has 2 aromatic rings. The van der Waals surface area contributed by atoms with Crippen molar-refractivity contribution < 1.29 is 4.79 Å². The molecule has 0 aliphatic heterocycles. The van der Waals surface area contributed by atoms with Gasteiger partial charge in [0.2, 0.25) is 5.95 Å². The number of nitrogens with zero attached hydrogens (tertiary/aromatic N) is 3. The molecule has 1 aliphatic rings. The number of carbonyl (C=O) groups excluding carboxylic acids is 1. The maximum Gasteiger partial charge on any atom is 0.227 e. The van der Waals surface area contributed by atoms with Crippen LogP contribution in [-0.2, 0) is 6.42 Å². The molecule has 5 heteroatoms. The van der Waals surface area contributed by atoms with Gasteiger partial charge in [-0.05, 0) is 43.9 Å². The van der Waals surface area contributed by atoms with Crippen molar-refractivity contribution in [2.45, 2.75) is 32.6 Å². The first kappa shape index (κ1) is 14.2. The molecule has 0 unspecified atom stereocenters. The molecule has 0 saturated heterocycles. The molecule has 110 valence electrons. The van der Waals surface area contributed by atoms with E-state index < -0.39 is 0 Å². The van der Waals surface area contributed by atoms with Gasteiger partial charge in [-0.15, -0.1) is 0 Å². The first-order valence-electron chi connectivity index (χ1n) is 7.34. The van der Waals surface area contributed by atoms with Crippen LogP contribution in [0.5, 0.6) is 0 Å². The number of nitrogens with one attached hydrogen (secondary N) is 1. The average Bonchev–Trinajstić information content (AvgIpc) is 2.71. The summed E-state index contributed by atoms with van der Waals surface area (Å²) in [6, 6.07) is 7.70. The van der Waals surface area contributed by atoms with Crippen molar-refractivity contribution in [1.29, 1.82) is 5.26 Å². The largest absolute Gasteiger partial charge is 0.324 e. The van der Waals surface area contributed by atoms with E-state index in [0.29, 0.717) is 23.5 Å². The number of aromatic nitrogens is 2. The fourth-order valence-electron chi connectivity index (χ4n) is 2.56. The van der Waals surface area contributed by atoms with Crippen LogP contribution in [0.4, 0.5) is 11.6 Å². The van der Waals surface area contributed by atoms with Gasteiger partial charge in [0.1, 0.15) is 0 Å². The van der Waals surface area contributed by atoms with Crippen LogP contribution in [0.25, 0.3) is 0 Å². The third-order valence-electron chi connectivity index (χ3n) is 3.85. The van der Waals surface area contributed by atoms with E-state index in [0.717, 1.165) is 36.2 Å². The van der Waals surface area contributed by atoms with Crippen molar-refractivity contribution in [3.63, 3.8) is 0 Å². The summed E-state index contributed by atoms with van der Waals surface area (Å²) in [7, 11) is 0. The predicted molar refractivity (Wildman–Crippen MR) is 83.1 cm³/mol. The average molecular weight is 292 g/mol. The molecule has 1 aromatic heterocycles. The Hall–Kier alpha value is -2.74. The zero-order valence-electron chi connectivity index (χ0n) is 12.4. The van der Waals surface area contributed by atoms with Gasteiger partial charge in [-0.3, -0.25) is 4.79 Å². The van der Waals surface area contributed by atoms with Crippen molar-refractivity contribution in [3.05, 3.63) is 46.8 Å². The summed E-state index contributed by atoms with van der Waals surface area (Å²) in [5, 5.41) is 12.2. The Bertz CT molecular complexity index is 777. The topological polar surface area (TPSA) is 78.7 Å². The zero-order valence-corrected chi connectivity index (χ0v) is 12.4. The molecule has 0 saturated carbocycles. The lowest BCUT2D eigenvalue weighted by atomic mass is 10.1. The van der Waals surface area contributed by atoms with Gasteiger partial charge in [-0.1, -0.05) is 6.07 Å². The summed E-state index contributed by atoms with van der Waals surface area (Å²) in [5.74, 6) is 0.586. The second-order valence-corrected chi connectivity index (χ2v) is 5.45. The van der Waals surface area contributed by atoms with Gasteiger partial charge < -0.3 is 5.32 Å². The van der Waals surface area contributed by atoms with E-state index in [-0.39, 0.29) is 5.78 Å². The number of nitriles is 1. The van der Waals surface area contributed by atoms with Crippen LogP contribution in [0.15, 0.2) is 24.4 Å². The quantitative estimate of drug-likeness (QED) is 0.859. The van der Waals surface area contributed by atoms with Crippen molar-refractivity contribution in [2.24, 2.45) is 0 Å². The molecular formula is C17H16N4O. The molecule has 5 nitrogen and oxygen atoms in total.